The van der Waals surface area contributed by atoms with Gasteiger partial charge in [-0.1, -0.05) is 6.07 Å². The molecule has 0 N–H and O–H groups in total. The Balaban J connectivity index is 1.23. The van der Waals surface area contributed by atoms with Crippen LogP contribution in [0.1, 0.15) is 51.7 Å². The molecule has 5 heterocycles. The van der Waals surface area contributed by atoms with Crippen LogP contribution in [0.3, 0.4) is 0 Å². The van der Waals surface area contributed by atoms with Gasteiger partial charge in [-0.3, -0.25) is 4.79 Å². The number of aromatic nitrogens is 5. The van der Waals surface area contributed by atoms with Crippen LogP contribution in [0.5, 0.6) is 0 Å². The average molecular weight is 482 g/mol. The predicted octanol–water partition coefficient (Wildman–Crippen LogP) is 1.67. The Morgan fingerprint density at radius 3 is 2.51 bits per heavy atom. The lowest BCUT2D eigenvalue weighted by molar-refractivity contribution is -0.139. The summed E-state index contributed by atoms with van der Waals surface area (Å²) < 4.78 is 12.9. The first-order chi connectivity index (χ1) is 16.9. The number of esters is 1. The highest BCUT2D eigenvalue weighted by Gasteiger charge is 2.50. The first kappa shape index (κ1) is 23.6. The molecule has 2 aromatic rings. The molecule has 0 aliphatic carbocycles. The van der Waals surface area contributed by atoms with Gasteiger partial charge >= 0.3 is 5.97 Å². The Bertz CT molecular complexity index is 1110. The first-order valence-corrected chi connectivity index (χ1v) is 12.1. The maximum atomic E-state index is 13.4. The molecule has 186 valence electrons. The Labute approximate surface area is 204 Å². The number of hydrogen-bond acceptors (Lipinski definition) is 9. The highest BCUT2D eigenvalue weighted by Crippen LogP contribution is 2.44. The number of pyridine rings is 1. The highest BCUT2D eigenvalue weighted by atomic mass is 16.5. The van der Waals surface area contributed by atoms with Crippen LogP contribution in [-0.4, -0.2) is 85.8 Å². The molecule has 1 atom stereocenters. The summed E-state index contributed by atoms with van der Waals surface area (Å²) in [6.07, 6.45) is 5.67. The standard InChI is InChI=1S/C24H31N7O4/c1-16(2)35-20(18-4-5-21(25-12-18)31-15-26-27-28-31)13-29-9-6-24(7-10-29)8-11-30(23(24)33)19-14-34-22(32)17(19)3/h4-5,12,15-16,20H,6-11,13-14H2,1-3H3/t20-/m0/s1. The quantitative estimate of drug-likeness (QED) is 0.545. The van der Waals surface area contributed by atoms with E-state index >= 15 is 0 Å². The summed E-state index contributed by atoms with van der Waals surface area (Å²) >= 11 is 0. The lowest BCUT2D eigenvalue weighted by Crippen LogP contribution is -2.46. The lowest BCUT2D eigenvalue weighted by Gasteiger charge is -2.39. The number of amides is 1. The van der Waals surface area contributed by atoms with Crippen molar-refractivity contribution in [1.82, 2.24) is 35.0 Å². The first-order valence-electron chi connectivity index (χ1n) is 12.1. The predicted molar refractivity (Wildman–Crippen MR) is 124 cm³/mol. The van der Waals surface area contributed by atoms with E-state index in [1.807, 2.05) is 32.2 Å². The van der Waals surface area contributed by atoms with E-state index in [9.17, 15) is 9.59 Å². The minimum Gasteiger partial charge on any atom is -0.456 e. The molecule has 3 aliphatic heterocycles. The zero-order valence-electron chi connectivity index (χ0n) is 20.4. The van der Waals surface area contributed by atoms with Crippen molar-refractivity contribution >= 4 is 11.9 Å². The Morgan fingerprint density at radius 1 is 1.14 bits per heavy atom. The smallest absolute Gasteiger partial charge is 0.336 e. The summed E-state index contributed by atoms with van der Waals surface area (Å²) in [4.78, 5) is 33.8. The second kappa shape index (κ2) is 9.46. The molecule has 5 rings (SSSR count). The zero-order valence-corrected chi connectivity index (χ0v) is 20.4. The molecule has 1 amide bonds. The molecule has 3 aliphatic rings. The molecule has 1 spiro atoms. The molecule has 2 saturated heterocycles. The number of likely N-dealkylation sites (tertiary alicyclic amines) is 2. The molecule has 0 aromatic carbocycles. The summed E-state index contributed by atoms with van der Waals surface area (Å²) in [6.45, 7) is 9.02. The van der Waals surface area contributed by atoms with Crippen LogP contribution in [0.2, 0.25) is 0 Å². The molecule has 0 unspecified atom stereocenters. The van der Waals surface area contributed by atoms with Crippen molar-refractivity contribution in [3.63, 3.8) is 0 Å². The Morgan fingerprint density at radius 2 is 1.91 bits per heavy atom. The van der Waals surface area contributed by atoms with Crippen LogP contribution in [0.4, 0.5) is 0 Å². The summed E-state index contributed by atoms with van der Waals surface area (Å²) in [5.41, 5.74) is 1.94. The summed E-state index contributed by atoms with van der Waals surface area (Å²) in [7, 11) is 0. The van der Waals surface area contributed by atoms with Gasteiger partial charge in [0.25, 0.3) is 0 Å². The molecule has 0 bridgehead atoms. The van der Waals surface area contributed by atoms with Crippen LogP contribution in [0.25, 0.3) is 5.82 Å². The Kier molecular flexibility index (Phi) is 6.37. The minimum atomic E-state index is -0.348. The number of hydrogen-bond donors (Lipinski definition) is 0. The van der Waals surface area contributed by atoms with Gasteiger partial charge in [0, 0.05) is 24.8 Å². The van der Waals surface area contributed by atoms with Gasteiger partial charge in [0.05, 0.1) is 28.9 Å². The summed E-state index contributed by atoms with van der Waals surface area (Å²) in [5.74, 6) is 0.466. The van der Waals surface area contributed by atoms with Gasteiger partial charge in [-0.25, -0.2) is 9.78 Å². The van der Waals surface area contributed by atoms with Gasteiger partial charge < -0.3 is 19.3 Å². The number of piperidine rings is 1. The van der Waals surface area contributed by atoms with Gasteiger partial charge in [0.1, 0.15) is 12.9 Å². The number of carbonyl (C=O) groups is 2. The fraction of sp³-hybridized carbons (Fsp3) is 0.583. The van der Waals surface area contributed by atoms with E-state index in [0.29, 0.717) is 17.9 Å². The molecule has 35 heavy (non-hydrogen) atoms. The van der Waals surface area contributed by atoms with Crippen molar-refractivity contribution in [3.05, 3.63) is 41.5 Å². The van der Waals surface area contributed by atoms with E-state index in [2.05, 4.69) is 25.4 Å². The number of ether oxygens (including phenoxy) is 2. The van der Waals surface area contributed by atoms with Crippen LogP contribution in [0, 0.1) is 5.41 Å². The third kappa shape index (κ3) is 4.57. The van der Waals surface area contributed by atoms with Gasteiger partial charge in [-0.05, 0) is 69.6 Å². The molecule has 11 heteroatoms. The molecule has 0 saturated carbocycles. The number of nitrogens with zero attached hydrogens (tertiary/aromatic N) is 7. The largest absolute Gasteiger partial charge is 0.456 e. The number of cyclic esters (lactones) is 1. The topological polar surface area (TPSA) is 116 Å². The fourth-order valence-corrected chi connectivity index (χ4v) is 5.23. The third-order valence-corrected chi connectivity index (χ3v) is 7.32. The number of carbonyl (C=O) groups excluding carboxylic acids is 2. The van der Waals surface area contributed by atoms with Crippen molar-refractivity contribution in [2.45, 2.75) is 52.2 Å². The van der Waals surface area contributed by atoms with Crippen LogP contribution in [-0.2, 0) is 19.1 Å². The number of tetrazole rings is 1. The van der Waals surface area contributed by atoms with Crippen molar-refractivity contribution in [2.75, 3.05) is 32.8 Å². The molecule has 2 fully saturated rings. The van der Waals surface area contributed by atoms with E-state index in [4.69, 9.17) is 9.47 Å². The second-order valence-corrected chi connectivity index (χ2v) is 9.81. The average Bonchev–Trinajstić information content (AvgIpc) is 3.57. The highest BCUT2D eigenvalue weighted by molar-refractivity contribution is 5.94. The van der Waals surface area contributed by atoms with Crippen LogP contribution < -0.4 is 0 Å². The van der Waals surface area contributed by atoms with E-state index in [1.165, 1.54) is 11.0 Å². The third-order valence-electron chi connectivity index (χ3n) is 7.32. The minimum absolute atomic E-state index is 0.0631. The Hall–Kier alpha value is -3.18. The van der Waals surface area contributed by atoms with Gasteiger partial charge in [-0.15, -0.1) is 5.10 Å². The zero-order chi connectivity index (χ0) is 24.6. The van der Waals surface area contributed by atoms with E-state index in [-0.39, 0.29) is 36.1 Å². The molecule has 0 radical (unpaired) electrons. The van der Waals surface area contributed by atoms with Crippen molar-refractivity contribution in [1.29, 1.82) is 0 Å². The monoisotopic (exact) mass is 481 g/mol. The van der Waals surface area contributed by atoms with Crippen LogP contribution in [0.15, 0.2) is 35.9 Å². The summed E-state index contributed by atoms with van der Waals surface area (Å²) in [6, 6.07) is 3.88. The molecular formula is C24H31N7O4. The normalized spacial score (nSPS) is 21.4. The van der Waals surface area contributed by atoms with Crippen LogP contribution >= 0.6 is 0 Å². The molecule has 11 nitrogen and oxygen atoms in total. The summed E-state index contributed by atoms with van der Waals surface area (Å²) in [5, 5.41) is 11.2. The molecule has 2 aromatic heterocycles. The molecular weight excluding hydrogens is 450 g/mol. The van der Waals surface area contributed by atoms with E-state index in [0.717, 1.165) is 50.2 Å². The van der Waals surface area contributed by atoms with Crippen molar-refractivity contribution < 1.29 is 19.1 Å². The van der Waals surface area contributed by atoms with Crippen molar-refractivity contribution in [2.24, 2.45) is 5.41 Å². The number of rotatable bonds is 7. The SMILES string of the molecule is CC1=C(N2CCC3(CCN(C[C@H](OC(C)C)c4ccc(-n5cnnn5)nc4)CC3)C2=O)COC1=O. The van der Waals surface area contributed by atoms with Gasteiger partial charge in [0.15, 0.2) is 5.82 Å². The van der Waals surface area contributed by atoms with Crippen molar-refractivity contribution in [3.8, 4) is 5.82 Å². The fourth-order valence-electron chi connectivity index (χ4n) is 5.23. The maximum absolute atomic E-state index is 13.4. The maximum Gasteiger partial charge on any atom is 0.336 e. The second-order valence-electron chi connectivity index (χ2n) is 9.81. The van der Waals surface area contributed by atoms with E-state index in [1.54, 1.807) is 11.8 Å². The van der Waals surface area contributed by atoms with Gasteiger partial charge in [0.2, 0.25) is 5.91 Å². The van der Waals surface area contributed by atoms with Gasteiger partial charge in [-0.2, -0.15) is 4.68 Å². The lowest BCUT2D eigenvalue weighted by atomic mass is 9.77. The van der Waals surface area contributed by atoms with E-state index < -0.39 is 0 Å².